The number of aromatic nitrogens is 2. The van der Waals surface area contributed by atoms with E-state index >= 15 is 0 Å². The largest absolute Gasteiger partial charge is 0.334 e. The van der Waals surface area contributed by atoms with Crippen molar-refractivity contribution >= 4 is 0 Å². The fourth-order valence-corrected chi connectivity index (χ4v) is 3.65. The molecule has 1 fully saturated rings. The van der Waals surface area contributed by atoms with Crippen LogP contribution >= 0.6 is 0 Å². The lowest BCUT2D eigenvalue weighted by molar-refractivity contribution is 0.237. The van der Waals surface area contributed by atoms with E-state index in [4.69, 9.17) is 0 Å². The first-order valence-corrected chi connectivity index (χ1v) is 9.32. The van der Waals surface area contributed by atoms with E-state index in [-0.39, 0.29) is 0 Å². The van der Waals surface area contributed by atoms with Crippen molar-refractivity contribution in [2.75, 3.05) is 19.6 Å². The second kappa shape index (κ2) is 9.00. The van der Waals surface area contributed by atoms with E-state index in [9.17, 15) is 0 Å². The molecule has 4 nitrogen and oxygen atoms in total. The van der Waals surface area contributed by atoms with Crippen molar-refractivity contribution in [3.05, 3.63) is 54.1 Å². The third kappa shape index (κ3) is 4.92. The maximum Gasteiger partial charge on any atom is 0.122 e. The highest BCUT2D eigenvalue weighted by molar-refractivity contribution is 5.14. The summed E-state index contributed by atoms with van der Waals surface area (Å²) in [6, 6.07) is 10.9. The van der Waals surface area contributed by atoms with Crippen LogP contribution in [0.15, 0.2) is 42.7 Å². The number of imidazole rings is 1. The number of rotatable bonds is 7. The van der Waals surface area contributed by atoms with E-state index in [1.165, 1.54) is 37.9 Å². The maximum absolute atomic E-state index is 4.45. The Morgan fingerprint density at radius 3 is 2.92 bits per heavy atom. The van der Waals surface area contributed by atoms with Crippen molar-refractivity contribution in [2.45, 2.75) is 45.8 Å². The fourth-order valence-electron chi connectivity index (χ4n) is 3.65. The Kier molecular flexibility index (Phi) is 6.44. The molecule has 1 aromatic heterocycles. The van der Waals surface area contributed by atoms with E-state index in [0.717, 1.165) is 37.9 Å². The van der Waals surface area contributed by atoms with Gasteiger partial charge in [0.05, 0.1) is 6.54 Å². The fraction of sp³-hybridized carbons (Fsp3) is 0.550. The molecule has 1 N–H and O–H groups in total. The van der Waals surface area contributed by atoms with Gasteiger partial charge in [-0.25, -0.2) is 4.98 Å². The van der Waals surface area contributed by atoms with Gasteiger partial charge in [-0.05, 0) is 44.3 Å². The van der Waals surface area contributed by atoms with Gasteiger partial charge in [0, 0.05) is 32.0 Å². The lowest BCUT2D eigenvalue weighted by atomic mass is 10.0. The first-order chi connectivity index (χ1) is 11.8. The number of aryl methyl sites for hydroxylation is 1. The molecule has 1 aliphatic heterocycles. The molecule has 130 valence electrons. The summed E-state index contributed by atoms with van der Waals surface area (Å²) in [5, 5.41) is 3.63. The predicted octanol–water partition coefficient (Wildman–Crippen LogP) is 3.29. The zero-order valence-corrected chi connectivity index (χ0v) is 14.8. The molecule has 0 spiro atoms. The van der Waals surface area contributed by atoms with Gasteiger partial charge in [-0.15, -0.1) is 0 Å². The molecular formula is C20H30N4. The number of hydrogen-bond acceptors (Lipinski definition) is 3. The monoisotopic (exact) mass is 326 g/mol. The van der Waals surface area contributed by atoms with Crippen LogP contribution in [-0.2, 0) is 19.6 Å². The molecule has 0 aliphatic carbocycles. The predicted molar refractivity (Wildman–Crippen MR) is 98.7 cm³/mol. The maximum atomic E-state index is 4.45. The van der Waals surface area contributed by atoms with Crippen molar-refractivity contribution in [1.82, 2.24) is 19.8 Å². The van der Waals surface area contributed by atoms with E-state index in [1.54, 1.807) is 0 Å². The average Bonchev–Trinajstić information content (AvgIpc) is 2.95. The molecule has 0 amide bonds. The molecule has 2 heterocycles. The second-order valence-electron chi connectivity index (χ2n) is 6.84. The zero-order chi connectivity index (χ0) is 16.6. The minimum absolute atomic E-state index is 0.737. The van der Waals surface area contributed by atoms with Crippen molar-refractivity contribution in [2.24, 2.45) is 5.92 Å². The lowest BCUT2D eigenvalue weighted by Gasteiger charge is -2.24. The molecule has 1 unspecified atom stereocenters. The molecule has 1 saturated heterocycles. The van der Waals surface area contributed by atoms with Crippen LogP contribution in [0.5, 0.6) is 0 Å². The molecule has 2 aromatic rings. The standard InChI is InChI=1S/C20H30N4/c1-2-24-13-11-22-20(24)15-21-14-19-10-6-7-12-23(17-19)16-18-8-4-3-5-9-18/h3-5,8-9,11,13,19,21H,2,6-7,10,12,14-17H2,1H3. The van der Waals surface area contributed by atoms with E-state index in [2.05, 4.69) is 63.2 Å². The minimum Gasteiger partial charge on any atom is -0.334 e. The first kappa shape index (κ1) is 17.2. The van der Waals surface area contributed by atoms with E-state index < -0.39 is 0 Å². The Bertz CT molecular complexity index is 593. The topological polar surface area (TPSA) is 33.1 Å². The summed E-state index contributed by atoms with van der Waals surface area (Å²) >= 11 is 0. The van der Waals surface area contributed by atoms with Crippen molar-refractivity contribution in [3.8, 4) is 0 Å². The van der Waals surface area contributed by atoms with Crippen LogP contribution in [-0.4, -0.2) is 34.1 Å². The lowest BCUT2D eigenvalue weighted by Crippen LogP contribution is -2.33. The third-order valence-electron chi connectivity index (χ3n) is 4.96. The summed E-state index contributed by atoms with van der Waals surface area (Å²) in [6.45, 7) is 8.62. The minimum atomic E-state index is 0.737. The average molecular weight is 326 g/mol. The van der Waals surface area contributed by atoms with Gasteiger partial charge in [0.25, 0.3) is 0 Å². The van der Waals surface area contributed by atoms with E-state index in [0.29, 0.717) is 0 Å². The Hall–Kier alpha value is -1.65. The summed E-state index contributed by atoms with van der Waals surface area (Å²) < 4.78 is 2.21. The third-order valence-corrected chi connectivity index (χ3v) is 4.96. The Morgan fingerprint density at radius 1 is 1.21 bits per heavy atom. The van der Waals surface area contributed by atoms with Crippen LogP contribution in [0.2, 0.25) is 0 Å². The molecule has 1 atom stereocenters. The number of nitrogens with one attached hydrogen (secondary N) is 1. The van der Waals surface area contributed by atoms with Gasteiger partial charge >= 0.3 is 0 Å². The van der Waals surface area contributed by atoms with Gasteiger partial charge in [-0.1, -0.05) is 36.8 Å². The van der Waals surface area contributed by atoms with Crippen LogP contribution in [0.25, 0.3) is 0 Å². The van der Waals surface area contributed by atoms with Gasteiger partial charge in [-0.2, -0.15) is 0 Å². The number of likely N-dealkylation sites (tertiary alicyclic amines) is 1. The molecule has 0 bridgehead atoms. The SMILES string of the molecule is CCn1ccnc1CNCC1CCCCN(Cc2ccccc2)C1. The van der Waals surface area contributed by atoms with E-state index in [1.807, 2.05) is 6.20 Å². The number of nitrogens with zero attached hydrogens (tertiary/aromatic N) is 3. The first-order valence-electron chi connectivity index (χ1n) is 9.32. The van der Waals surface area contributed by atoms with Gasteiger partial charge in [0.2, 0.25) is 0 Å². The van der Waals surface area contributed by atoms with Crippen molar-refractivity contribution < 1.29 is 0 Å². The summed E-state index contributed by atoms with van der Waals surface area (Å²) in [6.07, 6.45) is 7.96. The quantitative estimate of drug-likeness (QED) is 0.847. The normalized spacial score (nSPS) is 19.3. The van der Waals surface area contributed by atoms with Crippen LogP contribution < -0.4 is 5.32 Å². The molecule has 0 radical (unpaired) electrons. The van der Waals surface area contributed by atoms with Gasteiger partial charge in [-0.3, -0.25) is 4.90 Å². The summed E-state index contributed by atoms with van der Waals surface area (Å²) in [7, 11) is 0. The smallest absolute Gasteiger partial charge is 0.122 e. The highest BCUT2D eigenvalue weighted by atomic mass is 15.1. The van der Waals surface area contributed by atoms with Crippen molar-refractivity contribution in [1.29, 1.82) is 0 Å². The highest BCUT2D eigenvalue weighted by Gasteiger charge is 2.18. The zero-order valence-electron chi connectivity index (χ0n) is 14.8. The summed E-state index contributed by atoms with van der Waals surface area (Å²) in [5.41, 5.74) is 1.43. The molecule has 4 heteroatoms. The number of benzene rings is 1. The van der Waals surface area contributed by atoms with Gasteiger partial charge in [0.15, 0.2) is 0 Å². The highest BCUT2D eigenvalue weighted by Crippen LogP contribution is 2.18. The Balaban J connectivity index is 1.48. The van der Waals surface area contributed by atoms with Gasteiger partial charge < -0.3 is 9.88 Å². The second-order valence-corrected chi connectivity index (χ2v) is 6.84. The summed E-state index contributed by atoms with van der Waals surface area (Å²) in [4.78, 5) is 7.08. The molecule has 0 saturated carbocycles. The molecule has 1 aromatic carbocycles. The summed E-state index contributed by atoms with van der Waals surface area (Å²) in [5.74, 6) is 1.88. The van der Waals surface area contributed by atoms with Crippen LogP contribution in [0.3, 0.4) is 0 Å². The Labute approximate surface area is 145 Å². The molecule has 24 heavy (non-hydrogen) atoms. The molecule has 3 rings (SSSR count). The Morgan fingerprint density at radius 2 is 2.08 bits per heavy atom. The van der Waals surface area contributed by atoms with Crippen molar-refractivity contribution in [3.63, 3.8) is 0 Å². The molecule has 1 aliphatic rings. The molecular weight excluding hydrogens is 296 g/mol. The van der Waals surface area contributed by atoms with Gasteiger partial charge in [0.1, 0.15) is 5.82 Å². The van der Waals surface area contributed by atoms with Crippen LogP contribution in [0, 0.1) is 5.92 Å². The number of hydrogen-bond donors (Lipinski definition) is 1. The van der Waals surface area contributed by atoms with Crippen LogP contribution in [0.4, 0.5) is 0 Å². The van der Waals surface area contributed by atoms with Crippen LogP contribution in [0.1, 0.15) is 37.6 Å².